The van der Waals surface area contributed by atoms with Crippen LogP contribution in [0.1, 0.15) is 12.5 Å². The molecule has 3 rings (SSSR count). The van der Waals surface area contributed by atoms with Crippen molar-refractivity contribution in [3.8, 4) is 11.5 Å². The lowest BCUT2D eigenvalue weighted by Gasteiger charge is -2.07. The van der Waals surface area contributed by atoms with Gasteiger partial charge in [-0.3, -0.25) is 19.7 Å². The van der Waals surface area contributed by atoms with Crippen molar-refractivity contribution >= 4 is 45.2 Å². The fourth-order valence-corrected chi connectivity index (χ4v) is 4.07. The zero-order chi connectivity index (χ0) is 24.0. The highest BCUT2D eigenvalue weighted by atomic mass is 32.1. The Morgan fingerprint density at radius 1 is 1.15 bits per heavy atom. The third kappa shape index (κ3) is 5.63. The van der Waals surface area contributed by atoms with E-state index in [9.17, 15) is 19.7 Å². The summed E-state index contributed by atoms with van der Waals surface area (Å²) in [6, 6.07) is 9.41. The SMILES string of the molecule is CCOC(=O)Cn1c(=NC(=O)C=Cc2ccc(OC)c(OC)c2)sc2cc([N+](=O)[O-])ccc21. The van der Waals surface area contributed by atoms with Gasteiger partial charge in [-0.2, -0.15) is 4.99 Å². The standard InChI is InChI=1S/C22H21N3O7S/c1-4-32-21(27)13-24-16-8-7-15(25(28)29)12-19(16)33-22(24)23-20(26)10-6-14-5-9-17(30-2)18(11-14)31-3/h5-12H,4,13H2,1-3H3. The molecule has 1 heterocycles. The number of nitro benzene ring substituents is 1. The average Bonchev–Trinajstić information content (AvgIpc) is 3.13. The molecule has 2 aromatic carbocycles. The van der Waals surface area contributed by atoms with Gasteiger partial charge >= 0.3 is 5.97 Å². The maximum absolute atomic E-state index is 12.5. The minimum absolute atomic E-state index is 0.0988. The number of nitro groups is 1. The Labute approximate surface area is 192 Å². The van der Waals surface area contributed by atoms with Crippen LogP contribution in [0.15, 0.2) is 47.5 Å². The number of benzene rings is 2. The highest BCUT2D eigenvalue weighted by Crippen LogP contribution is 2.28. The number of thiazole rings is 1. The van der Waals surface area contributed by atoms with E-state index in [0.717, 1.165) is 11.3 Å². The van der Waals surface area contributed by atoms with Gasteiger partial charge in [0.25, 0.3) is 11.6 Å². The van der Waals surface area contributed by atoms with Gasteiger partial charge in [-0.15, -0.1) is 0 Å². The molecule has 0 unspecified atom stereocenters. The Morgan fingerprint density at radius 2 is 1.91 bits per heavy atom. The first-order valence-corrected chi connectivity index (χ1v) is 10.6. The van der Waals surface area contributed by atoms with E-state index in [-0.39, 0.29) is 23.6 Å². The van der Waals surface area contributed by atoms with Gasteiger partial charge in [0, 0.05) is 18.2 Å². The maximum Gasteiger partial charge on any atom is 0.326 e. The molecule has 0 saturated carbocycles. The van der Waals surface area contributed by atoms with Crippen LogP contribution in [0, 0.1) is 10.1 Å². The first kappa shape index (κ1) is 23.7. The number of carbonyl (C=O) groups excluding carboxylic acids is 2. The van der Waals surface area contributed by atoms with E-state index in [0.29, 0.717) is 27.3 Å². The molecule has 0 spiro atoms. The molecule has 0 atom stereocenters. The number of ether oxygens (including phenoxy) is 3. The van der Waals surface area contributed by atoms with Crippen molar-refractivity contribution in [3.05, 3.63) is 63.0 Å². The first-order chi connectivity index (χ1) is 15.9. The van der Waals surface area contributed by atoms with Crippen LogP contribution in [0.4, 0.5) is 5.69 Å². The number of rotatable bonds is 8. The number of aromatic nitrogens is 1. The molecule has 11 heteroatoms. The van der Waals surface area contributed by atoms with Crippen molar-refractivity contribution in [2.75, 3.05) is 20.8 Å². The Kier molecular flexibility index (Phi) is 7.57. The van der Waals surface area contributed by atoms with E-state index in [1.165, 1.54) is 43.1 Å². The first-order valence-electron chi connectivity index (χ1n) is 9.78. The topological polar surface area (TPSA) is 122 Å². The number of non-ortho nitro benzene ring substituents is 1. The van der Waals surface area contributed by atoms with Gasteiger partial charge in [0.05, 0.1) is 36.0 Å². The molecule has 0 N–H and O–H groups in total. The predicted octanol–water partition coefficient (Wildman–Crippen LogP) is 3.33. The third-order valence-electron chi connectivity index (χ3n) is 4.50. The number of carbonyl (C=O) groups is 2. The summed E-state index contributed by atoms with van der Waals surface area (Å²) in [5.74, 6) is 0.00114. The van der Waals surface area contributed by atoms with Crippen LogP contribution in [0.5, 0.6) is 11.5 Å². The third-order valence-corrected chi connectivity index (χ3v) is 5.54. The Balaban J connectivity index is 1.98. The number of methoxy groups -OCH3 is 2. The fraction of sp³-hybridized carbons (Fsp3) is 0.227. The number of amides is 1. The van der Waals surface area contributed by atoms with E-state index < -0.39 is 16.8 Å². The van der Waals surface area contributed by atoms with E-state index in [1.807, 2.05) is 0 Å². The summed E-state index contributed by atoms with van der Waals surface area (Å²) in [6.45, 7) is 1.70. The number of hydrogen-bond acceptors (Lipinski definition) is 8. The molecule has 0 aliphatic carbocycles. The summed E-state index contributed by atoms with van der Waals surface area (Å²) in [4.78, 5) is 39.5. The van der Waals surface area contributed by atoms with E-state index >= 15 is 0 Å². The molecule has 1 amide bonds. The molecule has 172 valence electrons. The van der Waals surface area contributed by atoms with Gasteiger partial charge in [0.2, 0.25) is 0 Å². The molecular weight excluding hydrogens is 450 g/mol. The summed E-state index contributed by atoms with van der Waals surface area (Å²) in [6.07, 6.45) is 2.85. The fourth-order valence-electron chi connectivity index (χ4n) is 3.00. The zero-order valence-corrected chi connectivity index (χ0v) is 19.0. The van der Waals surface area contributed by atoms with Gasteiger partial charge < -0.3 is 18.8 Å². The molecule has 0 aliphatic rings. The monoisotopic (exact) mass is 471 g/mol. The molecular formula is C22H21N3O7S. The van der Waals surface area contributed by atoms with Gasteiger partial charge in [0.1, 0.15) is 6.54 Å². The molecule has 1 aromatic heterocycles. The number of esters is 1. The summed E-state index contributed by atoms with van der Waals surface area (Å²) in [7, 11) is 3.04. The second kappa shape index (κ2) is 10.6. The van der Waals surface area contributed by atoms with Crippen LogP contribution in [0.3, 0.4) is 0 Å². The molecule has 3 aromatic rings. The highest BCUT2D eigenvalue weighted by Gasteiger charge is 2.15. The second-order valence-electron chi connectivity index (χ2n) is 6.58. The van der Waals surface area contributed by atoms with E-state index in [2.05, 4.69) is 4.99 Å². The van der Waals surface area contributed by atoms with Crippen LogP contribution >= 0.6 is 11.3 Å². The van der Waals surface area contributed by atoms with Crippen molar-refractivity contribution in [2.24, 2.45) is 4.99 Å². The van der Waals surface area contributed by atoms with Gasteiger partial charge in [-0.05, 0) is 36.8 Å². The highest BCUT2D eigenvalue weighted by molar-refractivity contribution is 7.16. The van der Waals surface area contributed by atoms with Gasteiger partial charge in [-0.1, -0.05) is 17.4 Å². The summed E-state index contributed by atoms with van der Waals surface area (Å²) in [5.41, 5.74) is 1.13. The van der Waals surface area contributed by atoms with Gasteiger partial charge in [-0.25, -0.2) is 0 Å². The smallest absolute Gasteiger partial charge is 0.326 e. The molecule has 0 radical (unpaired) electrons. The van der Waals surface area contributed by atoms with Crippen LogP contribution in [0.2, 0.25) is 0 Å². The Morgan fingerprint density at radius 3 is 2.58 bits per heavy atom. The maximum atomic E-state index is 12.5. The summed E-state index contributed by atoms with van der Waals surface area (Å²) < 4.78 is 17.5. The minimum atomic E-state index is -0.566. The van der Waals surface area contributed by atoms with E-state index in [1.54, 1.807) is 31.2 Å². The van der Waals surface area contributed by atoms with Crippen molar-refractivity contribution in [2.45, 2.75) is 13.5 Å². The second-order valence-corrected chi connectivity index (χ2v) is 7.59. The zero-order valence-electron chi connectivity index (χ0n) is 18.1. The quantitative estimate of drug-likeness (QED) is 0.214. The lowest BCUT2D eigenvalue weighted by atomic mass is 10.2. The predicted molar refractivity (Wildman–Crippen MR) is 122 cm³/mol. The van der Waals surface area contributed by atoms with Crippen LogP contribution < -0.4 is 14.3 Å². The number of hydrogen-bond donors (Lipinski definition) is 0. The summed E-state index contributed by atoms with van der Waals surface area (Å²) >= 11 is 1.07. The minimum Gasteiger partial charge on any atom is -0.493 e. The lowest BCUT2D eigenvalue weighted by molar-refractivity contribution is -0.384. The Hall–Kier alpha value is -3.99. The number of fused-ring (bicyclic) bond motifs is 1. The van der Waals surface area contributed by atoms with Crippen LogP contribution in [0.25, 0.3) is 16.3 Å². The van der Waals surface area contributed by atoms with Gasteiger partial charge in [0.15, 0.2) is 16.3 Å². The van der Waals surface area contributed by atoms with Crippen molar-refractivity contribution in [1.82, 2.24) is 4.57 Å². The lowest BCUT2D eigenvalue weighted by Crippen LogP contribution is -2.22. The Bertz CT molecular complexity index is 1310. The molecule has 33 heavy (non-hydrogen) atoms. The van der Waals surface area contributed by atoms with E-state index in [4.69, 9.17) is 14.2 Å². The molecule has 10 nitrogen and oxygen atoms in total. The molecule has 0 aliphatic heterocycles. The molecule has 0 saturated heterocycles. The van der Waals surface area contributed by atoms with Crippen molar-refractivity contribution in [1.29, 1.82) is 0 Å². The largest absolute Gasteiger partial charge is 0.493 e. The number of nitrogens with zero attached hydrogens (tertiary/aromatic N) is 3. The molecule has 0 bridgehead atoms. The van der Waals surface area contributed by atoms with Crippen LogP contribution in [-0.4, -0.2) is 42.2 Å². The van der Waals surface area contributed by atoms with Crippen molar-refractivity contribution in [3.63, 3.8) is 0 Å². The van der Waals surface area contributed by atoms with Crippen molar-refractivity contribution < 1.29 is 28.7 Å². The normalized spacial score (nSPS) is 11.7. The summed E-state index contributed by atoms with van der Waals surface area (Å²) in [5, 5.41) is 11.1. The molecule has 0 fully saturated rings. The average molecular weight is 471 g/mol. The van der Waals surface area contributed by atoms with Crippen LogP contribution in [-0.2, 0) is 20.9 Å².